The van der Waals surface area contributed by atoms with Gasteiger partial charge in [0, 0.05) is 32.0 Å². The fraction of sp³-hybridized carbons (Fsp3) is 0.600. The maximum Gasteiger partial charge on any atom is 0.310 e. The van der Waals surface area contributed by atoms with Crippen molar-refractivity contribution in [2.24, 2.45) is 5.92 Å². The Morgan fingerprint density at radius 3 is 2.73 bits per heavy atom. The lowest BCUT2D eigenvalue weighted by atomic mass is 9.98. The summed E-state index contributed by atoms with van der Waals surface area (Å²) in [5.41, 5.74) is 0.436. The molecule has 2 rings (SSSR count). The summed E-state index contributed by atoms with van der Waals surface area (Å²) in [7, 11) is 0. The summed E-state index contributed by atoms with van der Waals surface area (Å²) in [6, 6.07) is 0. The van der Waals surface area contributed by atoms with Crippen LogP contribution in [0.5, 0.6) is 0 Å². The van der Waals surface area contributed by atoms with E-state index in [4.69, 9.17) is 4.74 Å². The van der Waals surface area contributed by atoms with Crippen LogP contribution >= 0.6 is 0 Å². The minimum Gasteiger partial charge on any atom is -0.466 e. The third-order valence-electron chi connectivity index (χ3n) is 3.56. The first-order chi connectivity index (χ1) is 10.7. The van der Waals surface area contributed by atoms with Crippen LogP contribution in [0, 0.1) is 5.92 Å². The maximum atomic E-state index is 12.5. The molecule has 0 aromatic carbocycles. The van der Waals surface area contributed by atoms with E-state index in [0.29, 0.717) is 31.2 Å². The standard InChI is InChI=1S/C15H22N4O3/c1-3-16-15-17-8-12(9-18-15)13(20)19-7-5-6-11(10-19)14(21)22-4-2/h8-9,11H,3-7,10H2,1-2H3,(H,16,17,18)/t11-/m1/s1. The molecule has 0 radical (unpaired) electrons. The molecule has 1 saturated heterocycles. The van der Waals surface area contributed by atoms with E-state index in [-0.39, 0.29) is 17.8 Å². The summed E-state index contributed by atoms with van der Waals surface area (Å²) in [5, 5.41) is 2.98. The maximum absolute atomic E-state index is 12.5. The zero-order valence-corrected chi connectivity index (χ0v) is 13.0. The molecule has 1 atom stereocenters. The SMILES string of the molecule is CCNc1ncc(C(=O)N2CCC[C@@H](C(=O)OCC)C2)cn1. The molecule has 1 aliphatic heterocycles. The average Bonchev–Trinajstić information content (AvgIpc) is 2.55. The number of hydrogen-bond donors (Lipinski definition) is 1. The summed E-state index contributed by atoms with van der Waals surface area (Å²) in [4.78, 5) is 34.2. The van der Waals surface area contributed by atoms with Gasteiger partial charge in [-0.1, -0.05) is 0 Å². The molecule has 22 heavy (non-hydrogen) atoms. The minimum absolute atomic E-state index is 0.142. The van der Waals surface area contributed by atoms with Gasteiger partial charge >= 0.3 is 5.97 Å². The largest absolute Gasteiger partial charge is 0.466 e. The Hall–Kier alpha value is -2.18. The lowest BCUT2D eigenvalue weighted by Gasteiger charge is -2.31. The van der Waals surface area contributed by atoms with Crippen LogP contribution in [0.3, 0.4) is 0 Å². The third kappa shape index (κ3) is 3.93. The summed E-state index contributed by atoms with van der Waals surface area (Å²) in [6.07, 6.45) is 4.59. The predicted molar refractivity (Wildman–Crippen MR) is 81.5 cm³/mol. The number of nitrogens with zero attached hydrogens (tertiary/aromatic N) is 3. The number of esters is 1. The van der Waals surface area contributed by atoms with E-state index >= 15 is 0 Å². The topological polar surface area (TPSA) is 84.4 Å². The van der Waals surface area contributed by atoms with Gasteiger partial charge in [0.05, 0.1) is 18.1 Å². The molecule has 1 aliphatic rings. The fourth-order valence-corrected chi connectivity index (χ4v) is 2.48. The van der Waals surface area contributed by atoms with Gasteiger partial charge in [0.15, 0.2) is 0 Å². The van der Waals surface area contributed by atoms with Crippen LogP contribution in [-0.2, 0) is 9.53 Å². The van der Waals surface area contributed by atoms with Crippen molar-refractivity contribution in [3.63, 3.8) is 0 Å². The molecule has 1 fully saturated rings. The van der Waals surface area contributed by atoms with Gasteiger partial charge in [0.2, 0.25) is 5.95 Å². The van der Waals surface area contributed by atoms with E-state index in [0.717, 1.165) is 19.4 Å². The van der Waals surface area contributed by atoms with Crippen LogP contribution in [0.25, 0.3) is 0 Å². The summed E-state index contributed by atoms with van der Waals surface area (Å²) in [5.74, 6) is -0.0996. The van der Waals surface area contributed by atoms with E-state index in [1.807, 2.05) is 6.92 Å². The number of piperidine rings is 1. The minimum atomic E-state index is -0.236. The van der Waals surface area contributed by atoms with Gasteiger partial charge in [-0.15, -0.1) is 0 Å². The molecule has 0 unspecified atom stereocenters. The normalized spacial score (nSPS) is 17.9. The van der Waals surface area contributed by atoms with Gasteiger partial charge < -0.3 is 15.0 Å². The van der Waals surface area contributed by atoms with Crippen molar-refractivity contribution in [1.82, 2.24) is 14.9 Å². The highest BCUT2D eigenvalue weighted by atomic mass is 16.5. The lowest BCUT2D eigenvalue weighted by molar-refractivity contribution is -0.149. The van der Waals surface area contributed by atoms with Gasteiger partial charge in [-0.2, -0.15) is 0 Å². The van der Waals surface area contributed by atoms with Crippen molar-refractivity contribution in [1.29, 1.82) is 0 Å². The van der Waals surface area contributed by atoms with E-state index in [9.17, 15) is 9.59 Å². The first-order valence-electron chi connectivity index (χ1n) is 7.67. The van der Waals surface area contributed by atoms with Gasteiger partial charge in [-0.05, 0) is 26.7 Å². The number of ether oxygens (including phenoxy) is 1. The number of rotatable bonds is 5. The Bertz CT molecular complexity index is 518. The first kappa shape index (κ1) is 16.2. The highest BCUT2D eigenvalue weighted by molar-refractivity contribution is 5.94. The second kappa shape index (κ2) is 7.72. The van der Waals surface area contributed by atoms with Crippen LogP contribution in [-0.4, -0.2) is 53.0 Å². The Morgan fingerprint density at radius 1 is 1.36 bits per heavy atom. The van der Waals surface area contributed by atoms with Gasteiger partial charge in [-0.3, -0.25) is 9.59 Å². The second-order valence-electron chi connectivity index (χ2n) is 5.17. The zero-order valence-electron chi connectivity index (χ0n) is 13.0. The number of carbonyl (C=O) groups is 2. The van der Waals surface area contributed by atoms with E-state index < -0.39 is 0 Å². The monoisotopic (exact) mass is 306 g/mol. The number of aromatic nitrogens is 2. The zero-order chi connectivity index (χ0) is 15.9. The summed E-state index contributed by atoms with van der Waals surface area (Å²) >= 11 is 0. The van der Waals surface area contributed by atoms with E-state index in [1.165, 1.54) is 12.4 Å². The van der Waals surface area contributed by atoms with Gasteiger partial charge in [0.25, 0.3) is 5.91 Å². The molecular formula is C15H22N4O3. The molecule has 1 aromatic rings. The van der Waals surface area contributed by atoms with Crippen LogP contribution in [0.2, 0.25) is 0 Å². The Labute approximate surface area is 130 Å². The number of hydrogen-bond acceptors (Lipinski definition) is 6. The summed E-state index contributed by atoms with van der Waals surface area (Å²) < 4.78 is 5.05. The highest BCUT2D eigenvalue weighted by Gasteiger charge is 2.29. The van der Waals surface area contributed by atoms with Crippen LogP contribution < -0.4 is 5.32 Å². The molecule has 1 N–H and O–H groups in total. The number of likely N-dealkylation sites (tertiary alicyclic amines) is 1. The first-order valence-corrected chi connectivity index (χ1v) is 7.67. The quantitative estimate of drug-likeness (QED) is 0.826. The average molecular weight is 306 g/mol. The molecule has 0 spiro atoms. The van der Waals surface area contributed by atoms with Crippen molar-refractivity contribution < 1.29 is 14.3 Å². The molecule has 7 heteroatoms. The molecule has 120 valence electrons. The molecule has 1 amide bonds. The lowest BCUT2D eigenvalue weighted by Crippen LogP contribution is -2.42. The van der Waals surface area contributed by atoms with Crippen molar-refractivity contribution in [3.05, 3.63) is 18.0 Å². The Balaban J connectivity index is 2.00. The predicted octanol–water partition coefficient (Wildman–Crippen LogP) is 1.32. The third-order valence-corrected chi connectivity index (χ3v) is 3.56. The van der Waals surface area contributed by atoms with E-state index in [2.05, 4.69) is 15.3 Å². The van der Waals surface area contributed by atoms with Crippen molar-refractivity contribution in [2.75, 3.05) is 31.6 Å². The number of amides is 1. The van der Waals surface area contributed by atoms with Crippen LogP contribution in [0.15, 0.2) is 12.4 Å². The molecule has 0 saturated carbocycles. The van der Waals surface area contributed by atoms with Crippen LogP contribution in [0.4, 0.5) is 5.95 Å². The molecule has 0 aliphatic carbocycles. The Kier molecular flexibility index (Phi) is 5.68. The van der Waals surface area contributed by atoms with Crippen molar-refractivity contribution in [3.8, 4) is 0 Å². The van der Waals surface area contributed by atoms with Crippen molar-refractivity contribution >= 4 is 17.8 Å². The fourth-order valence-electron chi connectivity index (χ4n) is 2.48. The van der Waals surface area contributed by atoms with E-state index in [1.54, 1.807) is 11.8 Å². The molecular weight excluding hydrogens is 284 g/mol. The second-order valence-corrected chi connectivity index (χ2v) is 5.17. The van der Waals surface area contributed by atoms with Crippen LogP contribution in [0.1, 0.15) is 37.0 Å². The smallest absolute Gasteiger partial charge is 0.310 e. The summed E-state index contributed by atoms with van der Waals surface area (Å²) in [6.45, 7) is 5.86. The Morgan fingerprint density at radius 2 is 2.09 bits per heavy atom. The highest BCUT2D eigenvalue weighted by Crippen LogP contribution is 2.19. The molecule has 1 aromatic heterocycles. The molecule has 2 heterocycles. The number of nitrogens with one attached hydrogen (secondary N) is 1. The van der Waals surface area contributed by atoms with Gasteiger partial charge in [0.1, 0.15) is 0 Å². The number of carbonyl (C=O) groups excluding carboxylic acids is 2. The molecule has 0 bridgehead atoms. The number of anilines is 1. The van der Waals surface area contributed by atoms with Gasteiger partial charge in [-0.25, -0.2) is 9.97 Å². The van der Waals surface area contributed by atoms with Crippen molar-refractivity contribution in [2.45, 2.75) is 26.7 Å². The molecule has 7 nitrogen and oxygen atoms in total.